The summed E-state index contributed by atoms with van der Waals surface area (Å²) in [6, 6.07) is 8.07. The van der Waals surface area contributed by atoms with Gasteiger partial charge in [-0.2, -0.15) is 0 Å². The van der Waals surface area contributed by atoms with Crippen LogP contribution >= 0.6 is 11.8 Å². The smallest absolute Gasteiger partial charge is 0.243 e. The van der Waals surface area contributed by atoms with Crippen LogP contribution in [0.1, 0.15) is 12.5 Å². The third kappa shape index (κ3) is 3.26. The number of nitrogens with zero attached hydrogens (tertiary/aromatic N) is 6. The first-order valence-electron chi connectivity index (χ1n) is 9.14. The first-order chi connectivity index (χ1) is 13.6. The summed E-state index contributed by atoms with van der Waals surface area (Å²) < 4.78 is 9.01. The molecular weight excluding hydrogens is 376 g/mol. The predicted molar refractivity (Wildman–Crippen MR) is 108 cm³/mol. The number of aryl methyl sites for hydroxylation is 1. The highest BCUT2D eigenvalue weighted by Gasteiger charge is 2.25. The minimum absolute atomic E-state index is 0.0844. The van der Waals surface area contributed by atoms with Crippen molar-refractivity contribution in [1.29, 1.82) is 0 Å². The zero-order chi connectivity index (χ0) is 19.7. The molecule has 3 heterocycles. The Morgan fingerprint density at radius 1 is 1.29 bits per heavy atom. The van der Waals surface area contributed by atoms with Gasteiger partial charge in [0.05, 0.1) is 12.9 Å². The summed E-state index contributed by atoms with van der Waals surface area (Å²) in [6.07, 6.45) is 2.76. The van der Waals surface area contributed by atoms with E-state index in [0.29, 0.717) is 29.2 Å². The van der Waals surface area contributed by atoms with Gasteiger partial charge >= 0.3 is 0 Å². The molecule has 0 saturated carbocycles. The first-order valence-corrected chi connectivity index (χ1v) is 10.1. The zero-order valence-electron chi connectivity index (χ0n) is 16.1. The van der Waals surface area contributed by atoms with Crippen molar-refractivity contribution in [2.24, 2.45) is 7.05 Å². The molecule has 4 rings (SSSR count). The number of anilines is 1. The van der Waals surface area contributed by atoms with Crippen molar-refractivity contribution in [2.45, 2.75) is 25.0 Å². The lowest BCUT2D eigenvalue weighted by Gasteiger charge is -2.17. The Morgan fingerprint density at radius 3 is 2.89 bits per heavy atom. The van der Waals surface area contributed by atoms with E-state index in [4.69, 9.17) is 4.74 Å². The van der Waals surface area contributed by atoms with Crippen LogP contribution in [0.3, 0.4) is 0 Å². The first kappa shape index (κ1) is 18.5. The number of ether oxygens (including phenoxy) is 1. The molecule has 0 atom stereocenters. The fraction of sp³-hybridized carbons (Fsp3) is 0.368. The maximum Gasteiger partial charge on any atom is 0.243 e. The van der Waals surface area contributed by atoms with E-state index in [0.717, 1.165) is 24.2 Å². The number of fused-ring (bicyclic) bond motifs is 1. The quantitative estimate of drug-likeness (QED) is 0.594. The van der Waals surface area contributed by atoms with E-state index in [1.807, 2.05) is 47.8 Å². The molecule has 0 unspecified atom stereocenters. The molecule has 0 spiro atoms. The van der Waals surface area contributed by atoms with Crippen LogP contribution < -0.4 is 9.64 Å². The largest absolute Gasteiger partial charge is 0.479 e. The van der Waals surface area contributed by atoms with Gasteiger partial charge < -0.3 is 14.2 Å². The van der Waals surface area contributed by atoms with Gasteiger partial charge in [0.2, 0.25) is 11.8 Å². The molecule has 2 aromatic heterocycles. The number of methoxy groups -OCH3 is 1. The van der Waals surface area contributed by atoms with Gasteiger partial charge in [-0.3, -0.25) is 9.48 Å². The molecule has 1 aromatic carbocycles. The molecule has 1 amide bonds. The summed E-state index contributed by atoms with van der Waals surface area (Å²) in [5.74, 6) is 1.59. The highest BCUT2D eigenvalue weighted by Crippen LogP contribution is 2.31. The SMILES string of the molecule is CCn1c(SCC(=O)N2CCc3ccccc32)nnc1-c1cn(C)nc1OC. The third-order valence-corrected chi connectivity index (χ3v) is 5.73. The van der Waals surface area contributed by atoms with Crippen LogP contribution in [0, 0.1) is 0 Å². The lowest BCUT2D eigenvalue weighted by Crippen LogP contribution is -2.30. The molecule has 0 bridgehead atoms. The van der Waals surface area contributed by atoms with Crippen LogP contribution in [0.5, 0.6) is 5.88 Å². The van der Waals surface area contributed by atoms with Crippen LogP contribution in [0.2, 0.25) is 0 Å². The lowest BCUT2D eigenvalue weighted by molar-refractivity contribution is -0.116. The number of thioether (sulfide) groups is 1. The van der Waals surface area contributed by atoms with Crippen LogP contribution in [0.15, 0.2) is 35.6 Å². The monoisotopic (exact) mass is 398 g/mol. The number of hydrogen-bond acceptors (Lipinski definition) is 6. The number of rotatable bonds is 6. The number of aromatic nitrogens is 5. The van der Waals surface area contributed by atoms with Gasteiger partial charge in [0.1, 0.15) is 5.56 Å². The summed E-state index contributed by atoms with van der Waals surface area (Å²) in [5, 5.41) is 13.6. The molecule has 1 aliphatic rings. The van der Waals surface area contributed by atoms with Crippen molar-refractivity contribution in [1.82, 2.24) is 24.5 Å². The molecule has 146 valence electrons. The molecule has 0 aliphatic carbocycles. The van der Waals surface area contributed by atoms with Gasteiger partial charge in [0.25, 0.3) is 0 Å². The Bertz CT molecular complexity index is 1010. The predicted octanol–water partition coefficient (Wildman–Crippen LogP) is 2.39. The van der Waals surface area contributed by atoms with Gasteiger partial charge in [-0.25, -0.2) is 0 Å². The Morgan fingerprint density at radius 2 is 2.11 bits per heavy atom. The van der Waals surface area contributed by atoms with Crippen LogP contribution in [-0.4, -0.2) is 49.9 Å². The number of benzene rings is 1. The van der Waals surface area contributed by atoms with Crippen molar-refractivity contribution >= 4 is 23.4 Å². The summed E-state index contributed by atoms with van der Waals surface area (Å²) in [4.78, 5) is 14.6. The average molecular weight is 398 g/mol. The van der Waals surface area contributed by atoms with E-state index in [1.54, 1.807) is 11.8 Å². The van der Waals surface area contributed by atoms with Crippen molar-refractivity contribution in [3.8, 4) is 17.3 Å². The van der Waals surface area contributed by atoms with E-state index >= 15 is 0 Å². The van der Waals surface area contributed by atoms with Gasteiger partial charge in [0, 0.05) is 32.0 Å². The van der Waals surface area contributed by atoms with Crippen molar-refractivity contribution in [3.63, 3.8) is 0 Å². The highest BCUT2D eigenvalue weighted by atomic mass is 32.2. The van der Waals surface area contributed by atoms with Gasteiger partial charge in [-0.05, 0) is 25.0 Å². The van der Waals surface area contributed by atoms with Gasteiger partial charge in [-0.15, -0.1) is 15.3 Å². The Balaban J connectivity index is 1.52. The maximum atomic E-state index is 12.8. The fourth-order valence-electron chi connectivity index (χ4n) is 3.45. The molecule has 8 nitrogen and oxygen atoms in total. The maximum absolute atomic E-state index is 12.8. The molecule has 0 saturated heterocycles. The third-order valence-electron chi connectivity index (χ3n) is 4.78. The molecule has 1 aliphatic heterocycles. The Labute approximate surface area is 167 Å². The highest BCUT2D eigenvalue weighted by molar-refractivity contribution is 7.99. The minimum atomic E-state index is 0.0844. The summed E-state index contributed by atoms with van der Waals surface area (Å²) in [5.41, 5.74) is 3.03. The van der Waals surface area contributed by atoms with Crippen LogP contribution in [-0.2, 0) is 24.8 Å². The number of carbonyl (C=O) groups is 1. The average Bonchev–Trinajstić information content (AvgIpc) is 3.41. The van der Waals surface area contributed by atoms with Crippen LogP contribution in [0.25, 0.3) is 11.4 Å². The number of amides is 1. The van der Waals surface area contributed by atoms with Gasteiger partial charge in [-0.1, -0.05) is 30.0 Å². The second-order valence-electron chi connectivity index (χ2n) is 6.49. The van der Waals surface area contributed by atoms with Crippen molar-refractivity contribution in [3.05, 3.63) is 36.0 Å². The number of carbonyl (C=O) groups excluding carboxylic acids is 1. The molecule has 0 N–H and O–H groups in total. The molecule has 9 heteroatoms. The lowest BCUT2D eigenvalue weighted by atomic mass is 10.2. The van der Waals surface area contributed by atoms with E-state index in [-0.39, 0.29) is 5.91 Å². The van der Waals surface area contributed by atoms with E-state index in [9.17, 15) is 4.79 Å². The van der Waals surface area contributed by atoms with Crippen LogP contribution in [0.4, 0.5) is 5.69 Å². The van der Waals surface area contributed by atoms with E-state index in [1.165, 1.54) is 17.3 Å². The fourth-order valence-corrected chi connectivity index (χ4v) is 4.33. The number of hydrogen-bond donors (Lipinski definition) is 0. The molecule has 28 heavy (non-hydrogen) atoms. The topological polar surface area (TPSA) is 78.1 Å². The number of para-hydroxylation sites is 1. The summed E-state index contributed by atoms with van der Waals surface area (Å²) in [6.45, 7) is 3.44. The second-order valence-corrected chi connectivity index (χ2v) is 7.43. The van der Waals surface area contributed by atoms with E-state index in [2.05, 4.69) is 21.4 Å². The minimum Gasteiger partial charge on any atom is -0.479 e. The standard InChI is InChI=1S/C19H22N6O2S/c1-4-24-17(14-11-23(2)22-18(14)27-3)20-21-19(24)28-12-16(26)25-10-9-13-7-5-6-8-15(13)25/h5-8,11H,4,9-10,12H2,1-3H3. The Hall–Kier alpha value is -2.81. The van der Waals surface area contributed by atoms with E-state index < -0.39 is 0 Å². The van der Waals surface area contributed by atoms with Crippen molar-refractivity contribution in [2.75, 3.05) is 24.3 Å². The summed E-state index contributed by atoms with van der Waals surface area (Å²) >= 11 is 1.41. The molecule has 0 fully saturated rings. The Kier molecular flexibility index (Phi) is 5.08. The van der Waals surface area contributed by atoms with Gasteiger partial charge in [0.15, 0.2) is 11.0 Å². The zero-order valence-corrected chi connectivity index (χ0v) is 16.9. The normalized spacial score (nSPS) is 13.0. The molecule has 3 aromatic rings. The summed E-state index contributed by atoms with van der Waals surface area (Å²) in [7, 11) is 3.42. The second kappa shape index (κ2) is 7.67. The van der Waals surface area contributed by atoms with Crippen molar-refractivity contribution < 1.29 is 9.53 Å². The molecular formula is C19H22N6O2S. The molecule has 0 radical (unpaired) electrons.